The van der Waals surface area contributed by atoms with Gasteiger partial charge in [-0.2, -0.15) is 0 Å². The second-order valence-electron chi connectivity index (χ2n) is 6.70. The number of carbonyl (C=O) groups is 1. The van der Waals surface area contributed by atoms with E-state index in [0.29, 0.717) is 24.5 Å². The van der Waals surface area contributed by atoms with Gasteiger partial charge in [0.1, 0.15) is 24.7 Å². The number of fused-ring (bicyclic) bond motifs is 1. The Morgan fingerprint density at radius 2 is 1.52 bits per heavy atom. The summed E-state index contributed by atoms with van der Waals surface area (Å²) in [5, 5.41) is 15.0. The van der Waals surface area contributed by atoms with Crippen LogP contribution in [0.4, 0.5) is 0 Å². The van der Waals surface area contributed by atoms with Crippen molar-refractivity contribution in [1.29, 1.82) is 0 Å². The molecule has 3 rings (SSSR count). The Labute approximate surface area is 180 Å². The van der Waals surface area contributed by atoms with Gasteiger partial charge in [-0.3, -0.25) is 5.01 Å². The Hall–Kier alpha value is -3.94. The van der Waals surface area contributed by atoms with Gasteiger partial charge in [-0.05, 0) is 52.4 Å². The lowest BCUT2D eigenvalue weighted by atomic mass is 10.1. The molecule has 3 aromatic carbocycles. The van der Waals surface area contributed by atoms with E-state index in [-0.39, 0.29) is 5.71 Å². The lowest BCUT2D eigenvalue weighted by molar-refractivity contribution is -0.132. The first kappa shape index (κ1) is 21.8. The van der Waals surface area contributed by atoms with Gasteiger partial charge in [0.05, 0.1) is 7.11 Å². The van der Waals surface area contributed by atoms with E-state index >= 15 is 0 Å². The fourth-order valence-corrected chi connectivity index (χ4v) is 2.74. The minimum atomic E-state index is -0.602. The van der Waals surface area contributed by atoms with E-state index in [9.17, 15) is 4.79 Å². The summed E-state index contributed by atoms with van der Waals surface area (Å²) < 4.78 is 16.3. The Balaban J connectivity index is 1.56. The Morgan fingerprint density at radius 1 is 0.871 bits per heavy atom. The third-order valence-electron chi connectivity index (χ3n) is 4.21. The van der Waals surface area contributed by atoms with E-state index in [4.69, 9.17) is 14.2 Å². The number of nitrogens with zero attached hydrogens (tertiary/aromatic N) is 4. The highest BCUT2D eigenvalue weighted by Crippen LogP contribution is 2.20. The van der Waals surface area contributed by atoms with Gasteiger partial charge in [-0.25, -0.2) is 4.79 Å². The first-order chi connectivity index (χ1) is 15.1. The topological polar surface area (TPSA) is 85.1 Å². The number of rotatable bonds is 9. The highest BCUT2D eigenvalue weighted by molar-refractivity contribution is 6.43. The Kier molecular flexibility index (Phi) is 7.53. The fourth-order valence-electron chi connectivity index (χ4n) is 2.74. The molecular formula is C23H24N4O4. The fraction of sp³-hybridized carbons (Fsp3) is 0.217. The second-order valence-corrected chi connectivity index (χ2v) is 6.70. The maximum atomic E-state index is 12.0. The quantitative estimate of drug-likeness (QED) is 0.171. The molecule has 0 atom stereocenters. The van der Waals surface area contributed by atoms with E-state index in [0.717, 1.165) is 11.1 Å². The summed E-state index contributed by atoms with van der Waals surface area (Å²) in [5.41, 5.74) is 0.601. The van der Waals surface area contributed by atoms with Crippen LogP contribution in [0.1, 0.15) is 5.56 Å². The summed E-state index contributed by atoms with van der Waals surface area (Å²) in [4.78, 5) is 12.0. The van der Waals surface area contributed by atoms with Gasteiger partial charge in [0.15, 0.2) is 5.71 Å². The van der Waals surface area contributed by atoms with Crippen LogP contribution in [0.2, 0.25) is 0 Å². The number of ether oxygens (including phenoxy) is 3. The summed E-state index contributed by atoms with van der Waals surface area (Å²) in [6.07, 6.45) is 0. The monoisotopic (exact) mass is 420 g/mol. The molecule has 0 N–H and O–H groups in total. The van der Waals surface area contributed by atoms with E-state index in [1.807, 2.05) is 36.4 Å². The summed E-state index contributed by atoms with van der Waals surface area (Å²) in [7, 11) is 4.69. The molecule has 0 heterocycles. The van der Waals surface area contributed by atoms with Crippen LogP contribution in [-0.4, -0.2) is 51.1 Å². The summed E-state index contributed by atoms with van der Waals surface area (Å²) >= 11 is 0. The molecule has 0 aliphatic carbocycles. The third kappa shape index (κ3) is 6.27. The normalized spacial score (nSPS) is 11.5. The molecule has 3 aromatic rings. The van der Waals surface area contributed by atoms with E-state index in [2.05, 4.69) is 21.6 Å². The zero-order valence-corrected chi connectivity index (χ0v) is 17.7. The van der Waals surface area contributed by atoms with Gasteiger partial charge in [-0.15, -0.1) is 5.10 Å². The van der Waals surface area contributed by atoms with Gasteiger partial charge in [0, 0.05) is 19.7 Å². The molecule has 0 radical (unpaired) electrons. The smallest absolute Gasteiger partial charge is 0.359 e. The molecule has 0 bridgehead atoms. The predicted molar refractivity (Wildman–Crippen MR) is 118 cm³/mol. The van der Waals surface area contributed by atoms with Crippen molar-refractivity contribution in [3.63, 3.8) is 0 Å². The van der Waals surface area contributed by atoms with Crippen molar-refractivity contribution in [2.24, 2.45) is 15.5 Å². The molecular weight excluding hydrogens is 396 g/mol. The molecule has 0 fully saturated rings. The van der Waals surface area contributed by atoms with E-state index < -0.39 is 5.97 Å². The number of benzene rings is 3. The molecule has 0 aromatic heterocycles. The highest BCUT2D eigenvalue weighted by Gasteiger charge is 2.15. The second kappa shape index (κ2) is 10.7. The molecule has 0 saturated heterocycles. The van der Waals surface area contributed by atoms with Crippen molar-refractivity contribution < 1.29 is 19.0 Å². The maximum Gasteiger partial charge on any atom is 0.359 e. The van der Waals surface area contributed by atoms with Crippen molar-refractivity contribution in [3.05, 3.63) is 72.3 Å². The van der Waals surface area contributed by atoms with Crippen LogP contribution in [0.5, 0.6) is 11.5 Å². The van der Waals surface area contributed by atoms with Gasteiger partial charge in [0.25, 0.3) is 0 Å². The van der Waals surface area contributed by atoms with Gasteiger partial charge in [0.2, 0.25) is 0 Å². The SMILES string of the molecule is COC(=O)/C(=N\N=NN(C)C)c1ccc(OCCOc2ccc3ccccc3c2)cc1. The first-order valence-electron chi connectivity index (χ1n) is 9.66. The zero-order valence-electron chi connectivity index (χ0n) is 17.7. The maximum absolute atomic E-state index is 12.0. The molecule has 0 amide bonds. The molecule has 0 saturated carbocycles. The van der Waals surface area contributed by atoms with Crippen molar-refractivity contribution in [1.82, 2.24) is 5.01 Å². The molecule has 0 spiro atoms. The lowest BCUT2D eigenvalue weighted by Crippen LogP contribution is -2.17. The zero-order chi connectivity index (χ0) is 22.1. The predicted octanol–water partition coefficient (Wildman–Crippen LogP) is 4.10. The van der Waals surface area contributed by atoms with Gasteiger partial charge < -0.3 is 14.2 Å². The van der Waals surface area contributed by atoms with Crippen LogP contribution in [-0.2, 0) is 9.53 Å². The van der Waals surface area contributed by atoms with E-state index in [1.54, 1.807) is 38.4 Å². The third-order valence-corrected chi connectivity index (χ3v) is 4.21. The van der Waals surface area contributed by atoms with Crippen LogP contribution in [0.3, 0.4) is 0 Å². The molecule has 8 nitrogen and oxygen atoms in total. The Bertz CT molecular complexity index is 1080. The first-order valence-corrected chi connectivity index (χ1v) is 9.66. The van der Waals surface area contributed by atoms with Crippen LogP contribution < -0.4 is 9.47 Å². The minimum Gasteiger partial charge on any atom is -0.490 e. The summed E-state index contributed by atoms with van der Waals surface area (Å²) in [5.74, 6) is 0.837. The van der Waals surface area contributed by atoms with Crippen LogP contribution in [0, 0.1) is 0 Å². The van der Waals surface area contributed by atoms with Crippen LogP contribution >= 0.6 is 0 Å². The summed E-state index contributed by atoms with van der Waals surface area (Å²) in [6, 6.07) is 21.0. The minimum absolute atomic E-state index is 0.0549. The largest absolute Gasteiger partial charge is 0.490 e. The van der Waals surface area contributed by atoms with Crippen molar-refractivity contribution in [3.8, 4) is 11.5 Å². The number of carbonyl (C=O) groups excluding carboxylic acids is 1. The number of hydrogen-bond donors (Lipinski definition) is 0. The summed E-state index contributed by atoms with van der Waals surface area (Å²) in [6.45, 7) is 0.779. The standard InChI is InChI=1S/C23H24N4O4/c1-27(2)26-25-24-22(23(28)29-3)18-9-11-20(12-10-18)30-14-15-31-21-13-8-17-6-4-5-7-19(17)16-21/h4-13,16H,14-15H2,1-3H3/b24-22-,26-25?. The average Bonchev–Trinajstić information content (AvgIpc) is 2.79. The van der Waals surface area contributed by atoms with Crippen molar-refractivity contribution >= 4 is 22.5 Å². The molecule has 0 unspecified atom stereocenters. The average molecular weight is 420 g/mol. The van der Waals surface area contributed by atoms with Crippen LogP contribution in [0.25, 0.3) is 10.8 Å². The molecule has 0 aliphatic rings. The molecule has 8 heteroatoms. The lowest BCUT2D eigenvalue weighted by Gasteiger charge is -2.10. The van der Waals surface area contributed by atoms with Gasteiger partial charge in [-0.1, -0.05) is 35.6 Å². The number of esters is 1. The van der Waals surface area contributed by atoms with E-state index in [1.165, 1.54) is 17.5 Å². The van der Waals surface area contributed by atoms with Crippen LogP contribution in [0.15, 0.2) is 82.3 Å². The Morgan fingerprint density at radius 3 is 2.19 bits per heavy atom. The molecule has 31 heavy (non-hydrogen) atoms. The van der Waals surface area contributed by atoms with Gasteiger partial charge >= 0.3 is 5.97 Å². The number of methoxy groups -OCH3 is 1. The van der Waals surface area contributed by atoms with Crippen molar-refractivity contribution in [2.75, 3.05) is 34.4 Å². The van der Waals surface area contributed by atoms with Crippen molar-refractivity contribution in [2.45, 2.75) is 0 Å². The molecule has 0 aliphatic heterocycles. The molecule has 160 valence electrons. The number of hydrogen-bond acceptors (Lipinski definition) is 6. The highest BCUT2D eigenvalue weighted by atomic mass is 16.5.